The molecule has 2 aromatic rings. The van der Waals surface area contributed by atoms with Gasteiger partial charge in [-0.3, -0.25) is 4.79 Å². The van der Waals surface area contributed by atoms with E-state index in [9.17, 15) is 4.79 Å². The van der Waals surface area contributed by atoms with Gasteiger partial charge in [-0.15, -0.1) is 0 Å². The van der Waals surface area contributed by atoms with Crippen LogP contribution in [0.3, 0.4) is 0 Å². The molecule has 0 spiro atoms. The van der Waals surface area contributed by atoms with Crippen LogP contribution < -0.4 is 14.8 Å². The fourth-order valence-electron chi connectivity index (χ4n) is 2.08. The topological polar surface area (TPSA) is 47.6 Å². The molecule has 4 heteroatoms. The molecular weight excluding hydrogens is 290 g/mol. The first kappa shape index (κ1) is 16.9. The molecule has 0 bridgehead atoms. The van der Waals surface area contributed by atoms with Crippen LogP contribution in [0.4, 0.5) is 5.69 Å². The number of hydrogen-bond acceptors (Lipinski definition) is 3. The van der Waals surface area contributed by atoms with Crippen molar-refractivity contribution in [1.29, 1.82) is 0 Å². The Morgan fingerprint density at radius 3 is 2.26 bits per heavy atom. The minimum atomic E-state index is -0.580. The Morgan fingerprint density at radius 2 is 1.65 bits per heavy atom. The first-order valence-corrected chi connectivity index (χ1v) is 7.75. The highest BCUT2D eigenvalue weighted by atomic mass is 16.5. The predicted octanol–water partition coefficient (Wildman–Crippen LogP) is 4.19. The molecule has 0 fully saturated rings. The van der Waals surface area contributed by atoms with Crippen molar-refractivity contribution in [3.63, 3.8) is 0 Å². The number of carbonyl (C=O) groups excluding carboxylic acids is 1. The SMILES string of the molecule is Cc1cccc(OC(C)C(=O)Nc2ccc(OC(C)C)cc2)c1. The molecule has 0 aliphatic rings. The summed E-state index contributed by atoms with van der Waals surface area (Å²) in [5.74, 6) is 1.28. The van der Waals surface area contributed by atoms with Crippen molar-refractivity contribution in [3.8, 4) is 11.5 Å². The van der Waals surface area contributed by atoms with Crippen LogP contribution >= 0.6 is 0 Å². The van der Waals surface area contributed by atoms with Crippen LogP contribution in [-0.4, -0.2) is 18.1 Å². The lowest BCUT2D eigenvalue weighted by atomic mass is 10.2. The van der Waals surface area contributed by atoms with Crippen molar-refractivity contribution in [3.05, 3.63) is 54.1 Å². The van der Waals surface area contributed by atoms with Crippen molar-refractivity contribution in [1.82, 2.24) is 0 Å². The van der Waals surface area contributed by atoms with Gasteiger partial charge in [0.2, 0.25) is 0 Å². The third kappa shape index (κ3) is 5.33. The summed E-state index contributed by atoms with van der Waals surface area (Å²) in [6.45, 7) is 7.66. The van der Waals surface area contributed by atoms with E-state index in [0.29, 0.717) is 11.4 Å². The molecule has 122 valence electrons. The van der Waals surface area contributed by atoms with E-state index in [1.165, 1.54) is 0 Å². The zero-order chi connectivity index (χ0) is 16.8. The van der Waals surface area contributed by atoms with Gasteiger partial charge in [0.05, 0.1) is 6.10 Å². The lowest BCUT2D eigenvalue weighted by molar-refractivity contribution is -0.122. The summed E-state index contributed by atoms with van der Waals surface area (Å²) in [5.41, 5.74) is 1.81. The van der Waals surface area contributed by atoms with E-state index in [4.69, 9.17) is 9.47 Å². The lowest BCUT2D eigenvalue weighted by Gasteiger charge is -2.15. The van der Waals surface area contributed by atoms with Gasteiger partial charge in [0.15, 0.2) is 6.10 Å². The number of ether oxygens (including phenoxy) is 2. The van der Waals surface area contributed by atoms with E-state index < -0.39 is 6.10 Å². The van der Waals surface area contributed by atoms with Gasteiger partial charge in [-0.25, -0.2) is 0 Å². The smallest absolute Gasteiger partial charge is 0.265 e. The zero-order valence-corrected chi connectivity index (χ0v) is 14.0. The van der Waals surface area contributed by atoms with E-state index in [-0.39, 0.29) is 12.0 Å². The van der Waals surface area contributed by atoms with E-state index in [0.717, 1.165) is 11.3 Å². The number of amides is 1. The Kier molecular flexibility index (Phi) is 5.63. The van der Waals surface area contributed by atoms with E-state index >= 15 is 0 Å². The van der Waals surface area contributed by atoms with Gasteiger partial charge in [-0.05, 0) is 69.7 Å². The number of benzene rings is 2. The first-order chi connectivity index (χ1) is 10.9. The molecule has 0 aliphatic heterocycles. The fourth-order valence-corrected chi connectivity index (χ4v) is 2.08. The Balaban J connectivity index is 1.92. The molecule has 1 amide bonds. The molecule has 4 nitrogen and oxygen atoms in total. The summed E-state index contributed by atoms with van der Waals surface area (Å²) in [6.07, 6.45) is -0.457. The highest BCUT2D eigenvalue weighted by Crippen LogP contribution is 2.18. The van der Waals surface area contributed by atoms with Crippen molar-refractivity contribution >= 4 is 11.6 Å². The van der Waals surface area contributed by atoms with Crippen molar-refractivity contribution in [2.75, 3.05) is 5.32 Å². The maximum Gasteiger partial charge on any atom is 0.265 e. The third-order valence-corrected chi connectivity index (χ3v) is 3.17. The fraction of sp³-hybridized carbons (Fsp3) is 0.316. The maximum atomic E-state index is 12.2. The number of carbonyl (C=O) groups is 1. The van der Waals surface area contributed by atoms with Gasteiger partial charge in [-0.1, -0.05) is 12.1 Å². The van der Waals surface area contributed by atoms with Crippen LogP contribution in [0.15, 0.2) is 48.5 Å². The normalized spacial score (nSPS) is 11.9. The largest absolute Gasteiger partial charge is 0.491 e. The van der Waals surface area contributed by atoms with Gasteiger partial charge >= 0.3 is 0 Å². The first-order valence-electron chi connectivity index (χ1n) is 7.75. The van der Waals surface area contributed by atoms with Crippen molar-refractivity contribution in [2.45, 2.75) is 39.9 Å². The van der Waals surface area contributed by atoms with Crippen LogP contribution in [0.2, 0.25) is 0 Å². The molecule has 0 saturated heterocycles. The van der Waals surface area contributed by atoms with Gasteiger partial charge < -0.3 is 14.8 Å². The van der Waals surface area contributed by atoms with E-state index in [1.807, 2.05) is 69.3 Å². The van der Waals surface area contributed by atoms with Gasteiger partial charge in [-0.2, -0.15) is 0 Å². The van der Waals surface area contributed by atoms with Gasteiger partial charge in [0.1, 0.15) is 11.5 Å². The molecule has 0 aliphatic carbocycles. The zero-order valence-electron chi connectivity index (χ0n) is 14.0. The van der Waals surface area contributed by atoms with Crippen LogP contribution in [-0.2, 0) is 4.79 Å². The Bertz CT molecular complexity index is 650. The summed E-state index contributed by atoms with van der Waals surface area (Å²) in [7, 11) is 0. The second-order valence-electron chi connectivity index (χ2n) is 5.76. The van der Waals surface area contributed by atoms with Crippen LogP contribution in [0.25, 0.3) is 0 Å². The highest BCUT2D eigenvalue weighted by Gasteiger charge is 2.15. The molecule has 1 atom stereocenters. The van der Waals surface area contributed by atoms with Crippen LogP contribution in [0.5, 0.6) is 11.5 Å². The molecule has 2 rings (SSSR count). The number of nitrogens with one attached hydrogen (secondary N) is 1. The lowest BCUT2D eigenvalue weighted by Crippen LogP contribution is -2.30. The highest BCUT2D eigenvalue weighted by molar-refractivity contribution is 5.94. The standard InChI is InChI=1S/C19H23NO3/c1-13(2)22-17-10-8-16(9-11-17)20-19(21)15(4)23-18-7-5-6-14(3)12-18/h5-13,15H,1-4H3,(H,20,21). The van der Waals surface area contributed by atoms with Crippen molar-refractivity contribution < 1.29 is 14.3 Å². The third-order valence-electron chi connectivity index (χ3n) is 3.17. The molecule has 1 unspecified atom stereocenters. The number of rotatable bonds is 6. The van der Waals surface area contributed by atoms with Gasteiger partial charge in [0, 0.05) is 5.69 Å². The summed E-state index contributed by atoms with van der Waals surface area (Å²) >= 11 is 0. The molecular formula is C19H23NO3. The molecule has 2 aromatic carbocycles. The summed E-state index contributed by atoms with van der Waals surface area (Å²) in [5, 5.41) is 2.84. The monoisotopic (exact) mass is 313 g/mol. The molecule has 0 aromatic heterocycles. The van der Waals surface area contributed by atoms with Crippen molar-refractivity contribution in [2.24, 2.45) is 0 Å². The number of anilines is 1. The van der Waals surface area contributed by atoms with E-state index in [1.54, 1.807) is 6.92 Å². The second-order valence-corrected chi connectivity index (χ2v) is 5.76. The minimum absolute atomic E-state index is 0.123. The average molecular weight is 313 g/mol. The second kappa shape index (κ2) is 7.68. The molecule has 23 heavy (non-hydrogen) atoms. The molecule has 0 saturated carbocycles. The predicted molar refractivity (Wildman–Crippen MR) is 92.1 cm³/mol. The summed E-state index contributed by atoms with van der Waals surface area (Å²) < 4.78 is 11.2. The summed E-state index contributed by atoms with van der Waals surface area (Å²) in [4.78, 5) is 12.2. The molecule has 0 radical (unpaired) electrons. The Morgan fingerprint density at radius 1 is 0.957 bits per heavy atom. The molecule has 1 N–H and O–H groups in total. The summed E-state index contributed by atoms with van der Waals surface area (Å²) in [6, 6.07) is 14.9. The van der Waals surface area contributed by atoms with Crippen LogP contribution in [0, 0.1) is 6.92 Å². The van der Waals surface area contributed by atoms with E-state index in [2.05, 4.69) is 5.32 Å². The Labute approximate surface area is 137 Å². The number of aryl methyl sites for hydroxylation is 1. The van der Waals surface area contributed by atoms with Crippen LogP contribution in [0.1, 0.15) is 26.3 Å². The maximum absolute atomic E-state index is 12.2. The quantitative estimate of drug-likeness (QED) is 0.870. The molecule has 0 heterocycles. The van der Waals surface area contributed by atoms with Gasteiger partial charge in [0.25, 0.3) is 5.91 Å². The minimum Gasteiger partial charge on any atom is -0.491 e. The average Bonchev–Trinajstić information content (AvgIpc) is 2.48. The number of hydrogen-bond donors (Lipinski definition) is 1. The Hall–Kier alpha value is -2.49.